The summed E-state index contributed by atoms with van der Waals surface area (Å²) in [5.74, 6) is 0. The summed E-state index contributed by atoms with van der Waals surface area (Å²) in [6, 6.07) is 8.41. The molecule has 0 saturated heterocycles. The fourth-order valence-corrected chi connectivity index (χ4v) is 2.75. The Morgan fingerprint density at radius 1 is 0.958 bits per heavy atom. The van der Waals surface area contributed by atoms with Gasteiger partial charge < -0.3 is 4.90 Å². The quantitative estimate of drug-likeness (QED) is 0.583. The van der Waals surface area contributed by atoms with Gasteiger partial charge in [-0.15, -0.1) is 0 Å². The smallest absolute Gasteiger partial charge is 0.155 e. The average Bonchev–Trinajstić information content (AvgIpc) is 3.20. The highest BCUT2D eigenvalue weighted by Crippen LogP contribution is 2.26. The molecular formula is C18H18N6. The molecule has 6 nitrogen and oxygen atoms in total. The van der Waals surface area contributed by atoms with E-state index in [2.05, 4.69) is 48.6 Å². The molecule has 0 radical (unpaired) electrons. The molecule has 6 heteroatoms. The van der Waals surface area contributed by atoms with Gasteiger partial charge in [0.2, 0.25) is 0 Å². The van der Waals surface area contributed by atoms with E-state index >= 15 is 0 Å². The van der Waals surface area contributed by atoms with E-state index in [-0.39, 0.29) is 0 Å². The van der Waals surface area contributed by atoms with E-state index < -0.39 is 0 Å². The maximum Gasteiger partial charge on any atom is 0.155 e. The van der Waals surface area contributed by atoms with Crippen LogP contribution in [0.25, 0.3) is 28.2 Å². The highest BCUT2D eigenvalue weighted by molar-refractivity contribution is 5.69. The van der Waals surface area contributed by atoms with Crippen LogP contribution in [0.4, 0.5) is 5.69 Å². The number of aryl methyl sites for hydroxylation is 1. The Labute approximate surface area is 140 Å². The molecular weight excluding hydrogens is 300 g/mol. The van der Waals surface area contributed by atoms with E-state index in [1.165, 1.54) is 0 Å². The van der Waals surface area contributed by atoms with E-state index in [4.69, 9.17) is 0 Å². The molecule has 0 unspecified atom stereocenters. The lowest BCUT2D eigenvalue weighted by Crippen LogP contribution is -2.08. The third-order valence-corrected chi connectivity index (χ3v) is 4.05. The monoisotopic (exact) mass is 318 g/mol. The van der Waals surface area contributed by atoms with Crippen molar-refractivity contribution in [2.24, 2.45) is 7.05 Å². The molecule has 0 fully saturated rings. The Balaban J connectivity index is 1.86. The van der Waals surface area contributed by atoms with Gasteiger partial charge in [-0.1, -0.05) is 12.1 Å². The summed E-state index contributed by atoms with van der Waals surface area (Å²) in [7, 11) is 5.98. The zero-order chi connectivity index (χ0) is 16.7. The molecule has 3 heterocycles. The number of aromatic nitrogens is 5. The second-order valence-electron chi connectivity index (χ2n) is 5.99. The number of nitrogens with zero attached hydrogens (tertiary/aromatic N) is 6. The highest BCUT2D eigenvalue weighted by atomic mass is 15.2. The van der Waals surface area contributed by atoms with Gasteiger partial charge in [-0.2, -0.15) is 5.10 Å². The number of fused-ring (bicyclic) bond motifs is 1. The molecule has 120 valence electrons. The summed E-state index contributed by atoms with van der Waals surface area (Å²) in [5.41, 5.74) is 6.01. The van der Waals surface area contributed by atoms with Gasteiger partial charge in [-0.05, 0) is 12.1 Å². The van der Waals surface area contributed by atoms with Crippen LogP contribution in [-0.2, 0) is 7.05 Å². The predicted octanol–water partition coefficient (Wildman–Crippen LogP) is 2.86. The average molecular weight is 318 g/mol. The first-order chi connectivity index (χ1) is 11.6. The lowest BCUT2D eigenvalue weighted by molar-refractivity contribution is 0.768. The van der Waals surface area contributed by atoms with Crippen LogP contribution in [0, 0.1) is 0 Å². The Morgan fingerprint density at radius 3 is 2.58 bits per heavy atom. The van der Waals surface area contributed by atoms with Crippen LogP contribution >= 0.6 is 0 Å². The van der Waals surface area contributed by atoms with Gasteiger partial charge in [0, 0.05) is 50.4 Å². The van der Waals surface area contributed by atoms with Gasteiger partial charge in [-0.3, -0.25) is 14.1 Å². The first-order valence-corrected chi connectivity index (χ1v) is 7.72. The summed E-state index contributed by atoms with van der Waals surface area (Å²) < 4.78 is 3.85. The van der Waals surface area contributed by atoms with Crippen molar-refractivity contribution in [1.82, 2.24) is 24.1 Å². The third kappa shape index (κ3) is 2.42. The van der Waals surface area contributed by atoms with E-state index in [0.29, 0.717) is 0 Å². The normalized spacial score (nSPS) is 11.1. The number of imidazole rings is 1. The van der Waals surface area contributed by atoms with E-state index in [1.54, 1.807) is 10.9 Å². The van der Waals surface area contributed by atoms with Crippen LogP contribution in [0.3, 0.4) is 0 Å². The van der Waals surface area contributed by atoms with Gasteiger partial charge in [0.1, 0.15) is 0 Å². The molecule has 0 aliphatic rings. The lowest BCUT2D eigenvalue weighted by atomic mass is 10.1. The number of hydrogen-bond acceptors (Lipinski definition) is 4. The molecule has 0 saturated carbocycles. The van der Waals surface area contributed by atoms with Gasteiger partial charge in [0.05, 0.1) is 30.0 Å². The zero-order valence-corrected chi connectivity index (χ0v) is 13.9. The van der Waals surface area contributed by atoms with Crippen molar-refractivity contribution in [3.63, 3.8) is 0 Å². The maximum atomic E-state index is 4.50. The van der Waals surface area contributed by atoms with Gasteiger partial charge in [0.15, 0.2) is 5.65 Å². The summed E-state index contributed by atoms with van der Waals surface area (Å²) >= 11 is 0. The first kappa shape index (κ1) is 14.4. The molecule has 0 N–H and O–H groups in total. The molecule has 24 heavy (non-hydrogen) atoms. The minimum absolute atomic E-state index is 0.827. The Hall–Kier alpha value is -3.15. The van der Waals surface area contributed by atoms with Crippen molar-refractivity contribution in [3.05, 3.63) is 55.2 Å². The van der Waals surface area contributed by atoms with Crippen molar-refractivity contribution in [1.29, 1.82) is 0 Å². The number of anilines is 1. The summed E-state index contributed by atoms with van der Waals surface area (Å²) in [6.45, 7) is 0. The van der Waals surface area contributed by atoms with Crippen molar-refractivity contribution in [3.8, 4) is 22.5 Å². The second kappa shape index (κ2) is 5.49. The van der Waals surface area contributed by atoms with Crippen LogP contribution in [0.2, 0.25) is 0 Å². The van der Waals surface area contributed by atoms with E-state index in [1.807, 2.05) is 45.9 Å². The van der Waals surface area contributed by atoms with E-state index in [0.717, 1.165) is 33.8 Å². The minimum atomic E-state index is 0.827. The Kier molecular flexibility index (Phi) is 3.30. The molecule has 4 rings (SSSR count). The Morgan fingerprint density at radius 2 is 1.83 bits per heavy atom. The van der Waals surface area contributed by atoms with Crippen molar-refractivity contribution < 1.29 is 0 Å². The third-order valence-electron chi connectivity index (χ3n) is 4.05. The lowest BCUT2D eigenvalue weighted by Gasteiger charge is -2.13. The van der Waals surface area contributed by atoms with Crippen molar-refractivity contribution in [2.75, 3.05) is 19.0 Å². The van der Waals surface area contributed by atoms with Crippen LogP contribution in [0.5, 0.6) is 0 Å². The van der Waals surface area contributed by atoms with Crippen LogP contribution < -0.4 is 4.90 Å². The van der Waals surface area contributed by atoms with Crippen molar-refractivity contribution in [2.45, 2.75) is 0 Å². The SMILES string of the molecule is CN(C)c1cccc(-c2cnc3cnc(-c4cnn(C)c4)cn23)c1. The number of hydrogen-bond donors (Lipinski definition) is 0. The molecule has 0 spiro atoms. The second-order valence-corrected chi connectivity index (χ2v) is 5.99. The predicted molar refractivity (Wildman–Crippen MR) is 95.0 cm³/mol. The largest absolute Gasteiger partial charge is 0.378 e. The van der Waals surface area contributed by atoms with Gasteiger partial charge >= 0.3 is 0 Å². The summed E-state index contributed by atoms with van der Waals surface area (Å²) in [6.07, 6.45) is 9.46. The molecule has 0 aliphatic carbocycles. The van der Waals surface area contributed by atoms with Crippen molar-refractivity contribution >= 4 is 11.3 Å². The number of benzene rings is 1. The fourth-order valence-electron chi connectivity index (χ4n) is 2.75. The summed E-state index contributed by atoms with van der Waals surface area (Å²) in [4.78, 5) is 11.1. The van der Waals surface area contributed by atoms with Gasteiger partial charge in [-0.25, -0.2) is 4.98 Å². The molecule has 0 bridgehead atoms. The van der Waals surface area contributed by atoms with Crippen LogP contribution in [0.1, 0.15) is 0 Å². The molecule has 0 amide bonds. The summed E-state index contributed by atoms with van der Waals surface area (Å²) in [5, 5.41) is 4.22. The zero-order valence-electron chi connectivity index (χ0n) is 13.9. The first-order valence-electron chi connectivity index (χ1n) is 7.72. The highest BCUT2D eigenvalue weighted by Gasteiger charge is 2.10. The number of rotatable bonds is 3. The van der Waals surface area contributed by atoms with Gasteiger partial charge in [0.25, 0.3) is 0 Å². The molecule has 0 atom stereocenters. The molecule has 1 aromatic carbocycles. The molecule has 4 aromatic rings. The maximum absolute atomic E-state index is 4.50. The fraction of sp³-hybridized carbons (Fsp3) is 0.167. The van der Waals surface area contributed by atoms with Crippen LogP contribution in [0.15, 0.2) is 55.2 Å². The molecule has 3 aromatic heterocycles. The van der Waals surface area contributed by atoms with E-state index in [9.17, 15) is 0 Å². The Bertz CT molecular complexity index is 1010. The molecule has 0 aliphatic heterocycles. The van der Waals surface area contributed by atoms with Crippen LogP contribution in [-0.4, -0.2) is 38.2 Å². The standard InChI is InChI=1S/C18H18N6/c1-22(2)15-6-4-5-13(7-15)17-9-20-18-10-19-16(12-24(17)18)14-8-21-23(3)11-14/h4-12H,1-3H3. The topological polar surface area (TPSA) is 51.2 Å². The minimum Gasteiger partial charge on any atom is -0.378 e.